The van der Waals surface area contributed by atoms with Gasteiger partial charge in [0.25, 0.3) is 5.91 Å². The number of amides is 1. The molecule has 0 bridgehead atoms. The molecule has 0 saturated carbocycles. The Labute approximate surface area is 159 Å². The molecular weight excluding hydrogens is 362 g/mol. The van der Waals surface area contributed by atoms with Crippen LogP contribution in [0, 0.1) is 18.6 Å². The minimum atomic E-state index is -0.546. The van der Waals surface area contributed by atoms with Crippen molar-refractivity contribution < 1.29 is 13.6 Å². The lowest BCUT2D eigenvalue weighted by Crippen LogP contribution is -2.16. The second-order valence-electron chi connectivity index (χ2n) is 6.27. The highest BCUT2D eigenvalue weighted by atomic mass is 19.1. The van der Waals surface area contributed by atoms with Crippen molar-refractivity contribution in [2.45, 2.75) is 6.92 Å². The standard InChI is InChI=1S/C21H16F2N4O/c1-14-8-9-16(22)18(12-14)25-20(28)15-13-24-27(19-7-3-2-6-17(19)23)21(15)26-10-4-5-11-26/h2-13H,1H3,(H,25,28). The molecule has 0 radical (unpaired) electrons. The van der Waals surface area contributed by atoms with Crippen molar-refractivity contribution in [1.29, 1.82) is 0 Å². The predicted octanol–water partition coefficient (Wildman–Crippen LogP) is 4.50. The number of nitrogens with zero attached hydrogens (tertiary/aromatic N) is 3. The molecule has 4 rings (SSSR count). The van der Waals surface area contributed by atoms with Gasteiger partial charge in [0.15, 0.2) is 5.82 Å². The van der Waals surface area contributed by atoms with Gasteiger partial charge >= 0.3 is 0 Å². The number of aromatic nitrogens is 3. The van der Waals surface area contributed by atoms with Gasteiger partial charge < -0.3 is 9.88 Å². The molecular formula is C21H16F2N4O. The van der Waals surface area contributed by atoms with E-state index in [9.17, 15) is 13.6 Å². The first-order chi connectivity index (χ1) is 13.5. The van der Waals surface area contributed by atoms with E-state index in [1.807, 2.05) is 0 Å². The van der Waals surface area contributed by atoms with Crippen LogP contribution in [0.4, 0.5) is 14.5 Å². The van der Waals surface area contributed by atoms with Gasteiger partial charge in [-0.05, 0) is 48.9 Å². The van der Waals surface area contributed by atoms with Gasteiger partial charge in [-0.15, -0.1) is 0 Å². The van der Waals surface area contributed by atoms with E-state index in [1.165, 1.54) is 23.0 Å². The van der Waals surface area contributed by atoms with E-state index in [0.29, 0.717) is 5.82 Å². The van der Waals surface area contributed by atoms with Crippen molar-refractivity contribution in [3.8, 4) is 11.5 Å². The van der Waals surface area contributed by atoms with Crippen LogP contribution in [0.25, 0.3) is 11.5 Å². The minimum absolute atomic E-state index is 0.0714. The van der Waals surface area contributed by atoms with Crippen molar-refractivity contribution >= 4 is 11.6 Å². The van der Waals surface area contributed by atoms with Crippen LogP contribution in [0.1, 0.15) is 15.9 Å². The molecule has 1 N–H and O–H groups in total. The fourth-order valence-corrected chi connectivity index (χ4v) is 2.95. The van der Waals surface area contributed by atoms with Gasteiger partial charge in [0.2, 0.25) is 0 Å². The average molecular weight is 378 g/mol. The van der Waals surface area contributed by atoms with Crippen molar-refractivity contribution in [2.75, 3.05) is 5.32 Å². The highest BCUT2D eigenvalue weighted by Gasteiger charge is 2.22. The zero-order valence-corrected chi connectivity index (χ0v) is 14.9. The van der Waals surface area contributed by atoms with Crippen molar-refractivity contribution in [3.05, 3.63) is 95.9 Å². The predicted molar refractivity (Wildman–Crippen MR) is 102 cm³/mol. The zero-order valence-electron chi connectivity index (χ0n) is 14.9. The first-order valence-corrected chi connectivity index (χ1v) is 8.58. The number of hydrogen-bond acceptors (Lipinski definition) is 2. The van der Waals surface area contributed by atoms with Crippen LogP contribution in [-0.4, -0.2) is 20.3 Å². The molecule has 0 aliphatic heterocycles. The smallest absolute Gasteiger partial charge is 0.261 e. The van der Waals surface area contributed by atoms with Crippen molar-refractivity contribution in [2.24, 2.45) is 0 Å². The Hall–Kier alpha value is -3.74. The summed E-state index contributed by atoms with van der Waals surface area (Å²) < 4.78 is 31.4. The highest BCUT2D eigenvalue weighted by molar-refractivity contribution is 6.06. The number of hydrogen-bond donors (Lipinski definition) is 1. The van der Waals surface area contributed by atoms with E-state index in [-0.39, 0.29) is 16.9 Å². The third-order valence-corrected chi connectivity index (χ3v) is 4.29. The SMILES string of the molecule is Cc1ccc(F)c(NC(=O)c2cnn(-c3ccccc3F)c2-n2cccc2)c1. The summed E-state index contributed by atoms with van der Waals surface area (Å²) in [5, 5.41) is 6.78. The minimum Gasteiger partial charge on any atom is -0.319 e. The lowest BCUT2D eigenvalue weighted by Gasteiger charge is -2.12. The number of anilines is 1. The molecule has 2 aromatic carbocycles. The maximum absolute atomic E-state index is 14.3. The molecule has 4 aromatic rings. The maximum Gasteiger partial charge on any atom is 0.261 e. The summed E-state index contributed by atoms with van der Waals surface area (Å²) in [6.07, 6.45) is 4.78. The summed E-state index contributed by atoms with van der Waals surface area (Å²) in [5.74, 6) is -1.21. The molecule has 0 aliphatic rings. The molecule has 1 amide bonds. The molecule has 2 heterocycles. The quantitative estimate of drug-likeness (QED) is 0.568. The Morgan fingerprint density at radius 1 is 1.00 bits per heavy atom. The highest BCUT2D eigenvalue weighted by Crippen LogP contribution is 2.23. The van der Waals surface area contributed by atoms with Crippen LogP contribution in [0.5, 0.6) is 0 Å². The number of para-hydroxylation sites is 1. The summed E-state index contributed by atoms with van der Waals surface area (Å²) in [6, 6.07) is 14.2. The first-order valence-electron chi connectivity index (χ1n) is 8.58. The molecule has 7 heteroatoms. The Morgan fingerprint density at radius 2 is 1.75 bits per heavy atom. The average Bonchev–Trinajstić information content (AvgIpc) is 3.34. The maximum atomic E-state index is 14.3. The van der Waals surface area contributed by atoms with Crippen LogP contribution < -0.4 is 5.32 Å². The number of aryl methyl sites for hydroxylation is 1. The Kier molecular flexibility index (Phi) is 4.49. The Bertz CT molecular complexity index is 1150. The van der Waals surface area contributed by atoms with E-state index >= 15 is 0 Å². The molecule has 28 heavy (non-hydrogen) atoms. The van der Waals surface area contributed by atoms with E-state index in [0.717, 1.165) is 5.56 Å². The molecule has 0 atom stereocenters. The first kappa shape index (κ1) is 17.7. The summed E-state index contributed by atoms with van der Waals surface area (Å²) in [4.78, 5) is 12.9. The summed E-state index contributed by atoms with van der Waals surface area (Å²) >= 11 is 0. The molecule has 0 saturated heterocycles. The fourth-order valence-electron chi connectivity index (χ4n) is 2.95. The molecule has 0 fully saturated rings. The van der Waals surface area contributed by atoms with E-state index in [4.69, 9.17) is 0 Å². The van der Waals surface area contributed by atoms with Gasteiger partial charge in [0, 0.05) is 12.4 Å². The monoisotopic (exact) mass is 378 g/mol. The molecule has 2 aromatic heterocycles. The van der Waals surface area contributed by atoms with Gasteiger partial charge in [-0.1, -0.05) is 18.2 Å². The second kappa shape index (κ2) is 7.11. The van der Waals surface area contributed by atoms with Gasteiger partial charge in [0.05, 0.1) is 11.9 Å². The largest absolute Gasteiger partial charge is 0.319 e. The third kappa shape index (κ3) is 3.18. The van der Waals surface area contributed by atoms with Crippen molar-refractivity contribution in [3.63, 3.8) is 0 Å². The topological polar surface area (TPSA) is 51.9 Å². The van der Waals surface area contributed by atoms with E-state index in [1.54, 1.807) is 66.3 Å². The number of nitrogens with one attached hydrogen (secondary N) is 1. The van der Waals surface area contributed by atoms with Gasteiger partial charge in [-0.25, -0.2) is 13.5 Å². The zero-order chi connectivity index (χ0) is 19.7. The van der Waals surface area contributed by atoms with Crippen LogP contribution in [0.3, 0.4) is 0 Å². The van der Waals surface area contributed by atoms with Crippen molar-refractivity contribution in [1.82, 2.24) is 14.3 Å². The van der Waals surface area contributed by atoms with Crippen LogP contribution in [-0.2, 0) is 0 Å². The van der Waals surface area contributed by atoms with Crippen LogP contribution in [0.15, 0.2) is 73.2 Å². The molecule has 0 unspecified atom stereocenters. The molecule has 140 valence electrons. The third-order valence-electron chi connectivity index (χ3n) is 4.29. The summed E-state index contributed by atoms with van der Waals surface area (Å²) in [5.41, 5.74) is 1.26. The number of halogens is 2. The molecule has 0 aliphatic carbocycles. The van der Waals surface area contributed by atoms with Gasteiger partial charge in [-0.3, -0.25) is 4.79 Å². The van der Waals surface area contributed by atoms with E-state index in [2.05, 4.69) is 10.4 Å². The molecule has 0 spiro atoms. The number of carbonyl (C=O) groups excluding carboxylic acids is 1. The Balaban J connectivity index is 1.81. The fraction of sp³-hybridized carbons (Fsp3) is 0.0476. The number of carbonyl (C=O) groups is 1. The van der Waals surface area contributed by atoms with E-state index < -0.39 is 17.5 Å². The van der Waals surface area contributed by atoms with Gasteiger partial charge in [-0.2, -0.15) is 5.10 Å². The second-order valence-corrected chi connectivity index (χ2v) is 6.27. The lowest BCUT2D eigenvalue weighted by atomic mass is 10.2. The van der Waals surface area contributed by atoms with Crippen LogP contribution >= 0.6 is 0 Å². The number of benzene rings is 2. The Morgan fingerprint density at radius 3 is 2.50 bits per heavy atom. The summed E-state index contributed by atoms with van der Waals surface area (Å²) in [7, 11) is 0. The normalized spacial score (nSPS) is 10.8. The molecule has 5 nitrogen and oxygen atoms in total. The number of rotatable bonds is 4. The van der Waals surface area contributed by atoms with Gasteiger partial charge in [0.1, 0.15) is 22.9 Å². The summed E-state index contributed by atoms with van der Waals surface area (Å²) in [6.45, 7) is 1.80. The van der Waals surface area contributed by atoms with Crippen LogP contribution in [0.2, 0.25) is 0 Å². The lowest BCUT2D eigenvalue weighted by molar-refractivity contribution is 0.102.